The topological polar surface area (TPSA) is 84.6 Å². The molecule has 0 saturated carbocycles. The van der Waals surface area contributed by atoms with Crippen molar-refractivity contribution in [2.75, 3.05) is 5.75 Å². The summed E-state index contributed by atoms with van der Waals surface area (Å²) in [4.78, 5) is 10.4. The van der Waals surface area contributed by atoms with E-state index < -0.39 is 15.8 Å². The maximum absolute atomic E-state index is 11.1. The highest BCUT2D eigenvalue weighted by molar-refractivity contribution is 7.90. The van der Waals surface area contributed by atoms with Gasteiger partial charge in [-0.05, 0) is 6.07 Å². The Morgan fingerprint density at radius 3 is 2.64 bits per heavy atom. The zero-order valence-electron chi connectivity index (χ0n) is 7.56. The number of hydrogen-bond acceptors (Lipinski definition) is 4. The molecule has 0 aromatic carbocycles. The second kappa shape index (κ2) is 3.83. The van der Waals surface area contributed by atoms with E-state index in [0.29, 0.717) is 0 Å². The van der Waals surface area contributed by atoms with Gasteiger partial charge in [-0.2, -0.15) is 0 Å². The smallest absolute Gasteiger partial charge is 0.338 e. The first kappa shape index (κ1) is 10.8. The molecule has 1 aromatic heterocycles. The first-order chi connectivity index (χ1) is 6.44. The van der Waals surface area contributed by atoms with Crippen molar-refractivity contribution in [2.24, 2.45) is 0 Å². The van der Waals surface area contributed by atoms with Crippen molar-refractivity contribution in [3.63, 3.8) is 0 Å². The first-order valence-electron chi connectivity index (χ1n) is 3.95. The van der Waals surface area contributed by atoms with Gasteiger partial charge in [-0.25, -0.2) is 13.2 Å². The highest BCUT2D eigenvalue weighted by Crippen LogP contribution is 2.11. The van der Waals surface area contributed by atoms with E-state index in [9.17, 15) is 13.2 Å². The number of hydrogen-bond donors (Lipinski definition) is 1. The molecule has 0 atom stereocenters. The second-order valence-corrected chi connectivity index (χ2v) is 5.14. The highest BCUT2D eigenvalue weighted by Gasteiger charge is 2.14. The van der Waals surface area contributed by atoms with Gasteiger partial charge in [0.05, 0.1) is 5.56 Å². The van der Waals surface area contributed by atoms with Crippen LogP contribution in [0.3, 0.4) is 0 Å². The van der Waals surface area contributed by atoms with Crippen LogP contribution in [0.5, 0.6) is 0 Å². The summed E-state index contributed by atoms with van der Waals surface area (Å²) in [6.45, 7) is 1.52. The Morgan fingerprint density at radius 2 is 2.21 bits per heavy atom. The molecule has 1 rings (SSSR count). The Kier molecular flexibility index (Phi) is 2.95. The van der Waals surface area contributed by atoms with Crippen LogP contribution in [0.2, 0.25) is 0 Å². The van der Waals surface area contributed by atoms with E-state index in [0.717, 1.165) is 6.26 Å². The second-order valence-electron chi connectivity index (χ2n) is 2.78. The molecular formula is C8H10O5S. The van der Waals surface area contributed by atoms with Crippen molar-refractivity contribution in [1.29, 1.82) is 0 Å². The molecular weight excluding hydrogens is 208 g/mol. The van der Waals surface area contributed by atoms with Crippen LogP contribution < -0.4 is 0 Å². The van der Waals surface area contributed by atoms with E-state index in [-0.39, 0.29) is 22.8 Å². The van der Waals surface area contributed by atoms with Gasteiger partial charge in [0.15, 0.2) is 9.84 Å². The largest absolute Gasteiger partial charge is 0.478 e. The van der Waals surface area contributed by atoms with E-state index in [2.05, 4.69) is 0 Å². The molecule has 0 radical (unpaired) electrons. The van der Waals surface area contributed by atoms with Crippen molar-refractivity contribution in [1.82, 2.24) is 0 Å². The minimum Gasteiger partial charge on any atom is -0.478 e. The number of furan rings is 1. The Balaban J connectivity index is 2.84. The maximum atomic E-state index is 11.1. The Labute approximate surface area is 81.3 Å². The quantitative estimate of drug-likeness (QED) is 0.812. The van der Waals surface area contributed by atoms with Gasteiger partial charge in [-0.3, -0.25) is 0 Å². The van der Waals surface area contributed by atoms with E-state index in [1.165, 1.54) is 13.0 Å². The van der Waals surface area contributed by atoms with Gasteiger partial charge in [0.25, 0.3) is 0 Å². The molecule has 0 fully saturated rings. The average molecular weight is 218 g/mol. The summed E-state index contributed by atoms with van der Waals surface area (Å²) in [7, 11) is -3.17. The van der Waals surface area contributed by atoms with E-state index >= 15 is 0 Å². The molecule has 0 bridgehead atoms. The summed E-state index contributed by atoms with van der Waals surface area (Å²) in [5.41, 5.74) is -0.0358. The SMILES string of the molecule is CCS(=O)(=O)Cc1cc(C(=O)O)co1. The van der Waals surface area contributed by atoms with Gasteiger partial charge in [-0.1, -0.05) is 6.92 Å². The van der Waals surface area contributed by atoms with Crippen LogP contribution in [0, 0.1) is 0 Å². The van der Waals surface area contributed by atoms with Crippen LogP contribution in [0.25, 0.3) is 0 Å². The number of carboxylic acids is 1. The third kappa shape index (κ3) is 2.59. The van der Waals surface area contributed by atoms with Crippen molar-refractivity contribution >= 4 is 15.8 Å². The zero-order valence-corrected chi connectivity index (χ0v) is 8.37. The third-order valence-corrected chi connectivity index (χ3v) is 3.31. The van der Waals surface area contributed by atoms with Crippen molar-refractivity contribution < 1.29 is 22.7 Å². The lowest BCUT2D eigenvalue weighted by atomic mass is 10.3. The highest BCUT2D eigenvalue weighted by atomic mass is 32.2. The molecule has 14 heavy (non-hydrogen) atoms. The molecule has 0 aliphatic rings. The summed E-state index contributed by atoms with van der Waals surface area (Å²) in [6.07, 6.45) is 1.03. The third-order valence-electron chi connectivity index (χ3n) is 1.70. The van der Waals surface area contributed by atoms with Gasteiger partial charge < -0.3 is 9.52 Å². The predicted octanol–water partition coefficient (Wildman–Crippen LogP) is 0.913. The lowest BCUT2D eigenvalue weighted by Crippen LogP contribution is -2.05. The van der Waals surface area contributed by atoms with Gasteiger partial charge in [0.2, 0.25) is 0 Å². The molecule has 0 aliphatic carbocycles. The van der Waals surface area contributed by atoms with Crippen LogP contribution in [0.4, 0.5) is 0 Å². The van der Waals surface area contributed by atoms with E-state index in [4.69, 9.17) is 9.52 Å². The van der Waals surface area contributed by atoms with Crippen LogP contribution in [-0.2, 0) is 15.6 Å². The van der Waals surface area contributed by atoms with Gasteiger partial charge >= 0.3 is 5.97 Å². The fraction of sp³-hybridized carbons (Fsp3) is 0.375. The molecule has 78 valence electrons. The summed E-state index contributed by atoms with van der Waals surface area (Å²) in [5.74, 6) is -1.22. The maximum Gasteiger partial charge on any atom is 0.338 e. The average Bonchev–Trinajstić information content (AvgIpc) is 2.52. The lowest BCUT2D eigenvalue weighted by Gasteiger charge is -1.95. The Morgan fingerprint density at radius 1 is 1.57 bits per heavy atom. The van der Waals surface area contributed by atoms with Gasteiger partial charge in [0, 0.05) is 5.75 Å². The molecule has 0 unspecified atom stereocenters. The van der Waals surface area contributed by atoms with Crippen molar-refractivity contribution in [2.45, 2.75) is 12.7 Å². The van der Waals surface area contributed by atoms with Gasteiger partial charge in [0.1, 0.15) is 17.8 Å². The van der Waals surface area contributed by atoms with Crippen molar-refractivity contribution in [3.8, 4) is 0 Å². The minimum absolute atomic E-state index is 0.0100. The molecule has 0 aliphatic heterocycles. The normalized spacial score (nSPS) is 11.5. The molecule has 0 saturated heterocycles. The minimum atomic E-state index is -3.17. The molecule has 1 heterocycles. The molecule has 0 spiro atoms. The zero-order chi connectivity index (χ0) is 10.8. The van der Waals surface area contributed by atoms with E-state index in [1.807, 2.05) is 0 Å². The Hall–Kier alpha value is -1.30. The summed E-state index contributed by atoms with van der Waals surface area (Å²) in [5, 5.41) is 8.54. The Bertz CT molecular complexity index is 428. The molecule has 6 heteroatoms. The molecule has 1 N–H and O–H groups in total. The summed E-state index contributed by atoms with van der Waals surface area (Å²) in [6, 6.07) is 1.22. The van der Waals surface area contributed by atoms with Crippen LogP contribution in [-0.4, -0.2) is 25.2 Å². The first-order valence-corrected chi connectivity index (χ1v) is 5.78. The number of aromatic carboxylic acids is 1. The van der Waals surface area contributed by atoms with Gasteiger partial charge in [-0.15, -0.1) is 0 Å². The standard InChI is InChI=1S/C8H10O5S/c1-2-14(11,12)5-7-3-6(4-13-7)8(9)10/h3-4H,2,5H2,1H3,(H,9,10). The van der Waals surface area contributed by atoms with Crippen molar-refractivity contribution in [3.05, 3.63) is 23.7 Å². The fourth-order valence-electron chi connectivity index (χ4n) is 0.887. The summed E-state index contributed by atoms with van der Waals surface area (Å²) >= 11 is 0. The molecule has 5 nitrogen and oxygen atoms in total. The number of carbonyl (C=O) groups is 1. The van der Waals surface area contributed by atoms with E-state index in [1.54, 1.807) is 0 Å². The van der Waals surface area contributed by atoms with Crippen LogP contribution in [0.15, 0.2) is 16.7 Å². The number of rotatable bonds is 4. The fourth-order valence-corrected chi connectivity index (χ4v) is 1.68. The molecule has 1 aromatic rings. The summed E-state index contributed by atoms with van der Waals surface area (Å²) < 4.78 is 27.1. The van der Waals surface area contributed by atoms with Crippen LogP contribution in [0.1, 0.15) is 23.0 Å². The van der Waals surface area contributed by atoms with Crippen LogP contribution >= 0.6 is 0 Å². The lowest BCUT2D eigenvalue weighted by molar-refractivity contribution is 0.0696. The number of carboxylic acid groups (broad SMARTS) is 1. The molecule has 0 amide bonds. The predicted molar refractivity (Wildman–Crippen MR) is 48.8 cm³/mol. The number of sulfone groups is 1. The monoisotopic (exact) mass is 218 g/mol.